The van der Waals surface area contributed by atoms with Crippen molar-refractivity contribution in [2.45, 2.75) is 45.4 Å². The summed E-state index contributed by atoms with van der Waals surface area (Å²) < 4.78 is 5.21. The SMILES string of the molecule is CCC(CCN)CCC(=O)N1CCCC(COC)C1. The molecule has 1 heterocycles. The van der Waals surface area contributed by atoms with Crippen molar-refractivity contribution >= 4 is 5.91 Å². The van der Waals surface area contributed by atoms with E-state index in [1.807, 2.05) is 4.90 Å². The van der Waals surface area contributed by atoms with E-state index in [0.29, 0.717) is 24.2 Å². The number of ether oxygens (including phenoxy) is 1. The van der Waals surface area contributed by atoms with Gasteiger partial charge < -0.3 is 15.4 Å². The van der Waals surface area contributed by atoms with Crippen molar-refractivity contribution in [3.8, 4) is 0 Å². The summed E-state index contributed by atoms with van der Waals surface area (Å²) in [6, 6.07) is 0. The van der Waals surface area contributed by atoms with Gasteiger partial charge in [0, 0.05) is 26.6 Å². The number of amides is 1. The molecule has 2 atom stereocenters. The molecule has 1 aliphatic rings. The molecule has 4 heteroatoms. The molecule has 0 aromatic carbocycles. The predicted octanol–water partition coefficient (Wildman–Crippen LogP) is 2.03. The molecule has 0 radical (unpaired) electrons. The molecule has 112 valence electrons. The second-order valence-corrected chi connectivity index (χ2v) is 5.69. The summed E-state index contributed by atoms with van der Waals surface area (Å²) in [5, 5.41) is 0. The molecule has 1 amide bonds. The van der Waals surface area contributed by atoms with Crippen molar-refractivity contribution in [1.82, 2.24) is 4.90 Å². The lowest BCUT2D eigenvalue weighted by Crippen LogP contribution is -2.41. The number of hydrogen-bond acceptors (Lipinski definition) is 3. The lowest BCUT2D eigenvalue weighted by Gasteiger charge is -2.32. The molecule has 1 fully saturated rings. The van der Waals surface area contributed by atoms with Gasteiger partial charge in [0.25, 0.3) is 0 Å². The number of nitrogens with two attached hydrogens (primary N) is 1. The molecular weight excluding hydrogens is 240 g/mol. The van der Waals surface area contributed by atoms with Gasteiger partial charge in [0.1, 0.15) is 0 Å². The number of hydrogen-bond donors (Lipinski definition) is 1. The van der Waals surface area contributed by atoms with Gasteiger partial charge in [-0.2, -0.15) is 0 Å². The Bertz CT molecular complexity index is 257. The standard InChI is InChI=1S/C15H30N2O2/c1-3-13(8-9-16)6-7-15(18)17-10-4-5-14(11-17)12-19-2/h13-14H,3-12,16H2,1-2H3. The van der Waals surface area contributed by atoms with Gasteiger partial charge in [0.05, 0.1) is 6.61 Å². The Morgan fingerprint density at radius 2 is 2.26 bits per heavy atom. The normalized spacial score (nSPS) is 21.4. The Morgan fingerprint density at radius 1 is 1.47 bits per heavy atom. The van der Waals surface area contributed by atoms with Crippen molar-refractivity contribution in [3.05, 3.63) is 0 Å². The van der Waals surface area contributed by atoms with Crippen molar-refractivity contribution < 1.29 is 9.53 Å². The first-order valence-corrected chi connectivity index (χ1v) is 7.68. The summed E-state index contributed by atoms with van der Waals surface area (Å²) in [6.45, 7) is 5.48. The third-order valence-electron chi connectivity index (χ3n) is 4.19. The van der Waals surface area contributed by atoms with Crippen molar-refractivity contribution in [2.75, 3.05) is 33.4 Å². The molecule has 1 aliphatic heterocycles. The van der Waals surface area contributed by atoms with Gasteiger partial charge in [-0.15, -0.1) is 0 Å². The van der Waals surface area contributed by atoms with Crippen LogP contribution in [-0.4, -0.2) is 44.2 Å². The summed E-state index contributed by atoms with van der Waals surface area (Å²) in [7, 11) is 1.74. The first-order valence-electron chi connectivity index (χ1n) is 7.68. The molecule has 4 nitrogen and oxygen atoms in total. The molecule has 2 N–H and O–H groups in total. The van der Waals surface area contributed by atoms with E-state index < -0.39 is 0 Å². The van der Waals surface area contributed by atoms with E-state index in [4.69, 9.17) is 10.5 Å². The molecule has 0 saturated carbocycles. The summed E-state index contributed by atoms with van der Waals surface area (Å²) in [5.41, 5.74) is 5.60. The van der Waals surface area contributed by atoms with E-state index in [0.717, 1.165) is 51.9 Å². The summed E-state index contributed by atoms with van der Waals surface area (Å²) in [5.74, 6) is 1.44. The van der Waals surface area contributed by atoms with E-state index in [1.165, 1.54) is 6.42 Å². The summed E-state index contributed by atoms with van der Waals surface area (Å²) in [6.07, 6.45) is 6.12. The Morgan fingerprint density at radius 3 is 2.89 bits per heavy atom. The summed E-state index contributed by atoms with van der Waals surface area (Å²) in [4.78, 5) is 14.3. The van der Waals surface area contributed by atoms with E-state index >= 15 is 0 Å². The molecule has 0 aromatic heterocycles. The average Bonchev–Trinajstić information content (AvgIpc) is 2.43. The number of piperidine rings is 1. The second kappa shape index (κ2) is 9.32. The molecule has 0 spiro atoms. The van der Waals surface area contributed by atoms with Crippen molar-refractivity contribution in [3.63, 3.8) is 0 Å². The highest BCUT2D eigenvalue weighted by atomic mass is 16.5. The number of carbonyl (C=O) groups excluding carboxylic acids is 1. The fraction of sp³-hybridized carbons (Fsp3) is 0.933. The zero-order valence-corrected chi connectivity index (χ0v) is 12.6. The minimum atomic E-state index is 0.316. The Hall–Kier alpha value is -0.610. The van der Waals surface area contributed by atoms with E-state index in [-0.39, 0.29) is 0 Å². The highest BCUT2D eigenvalue weighted by Crippen LogP contribution is 2.20. The number of methoxy groups -OCH3 is 1. The fourth-order valence-corrected chi connectivity index (χ4v) is 2.94. The van der Waals surface area contributed by atoms with Crippen LogP contribution >= 0.6 is 0 Å². The first-order chi connectivity index (χ1) is 9.21. The molecule has 2 unspecified atom stereocenters. The lowest BCUT2D eigenvalue weighted by molar-refractivity contribution is -0.133. The molecule has 0 aromatic rings. The zero-order chi connectivity index (χ0) is 14.1. The molecule has 1 rings (SSSR count). The second-order valence-electron chi connectivity index (χ2n) is 5.69. The largest absolute Gasteiger partial charge is 0.384 e. The summed E-state index contributed by atoms with van der Waals surface area (Å²) >= 11 is 0. The van der Waals surface area contributed by atoms with Crippen LogP contribution in [0.4, 0.5) is 0 Å². The maximum atomic E-state index is 12.2. The predicted molar refractivity (Wildman–Crippen MR) is 77.9 cm³/mol. The smallest absolute Gasteiger partial charge is 0.222 e. The van der Waals surface area contributed by atoms with E-state index in [1.54, 1.807) is 7.11 Å². The van der Waals surface area contributed by atoms with Gasteiger partial charge in [-0.05, 0) is 44.1 Å². The molecule has 0 aliphatic carbocycles. The minimum absolute atomic E-state index is 0.316. The van der Waals surface area contributed by atoms with Crippen LogP contribution in [0.5, 0.6) is 0 Å². The van der Waals surface area contributed by atoms with Crippen molar-refractivity contribution in [2.24, 2.45) is 17.6 Å². The third kappa shape index (κ3) is 5.91. The number of carbonyl (C=O) groups is 1. The lowest BCUT2D eigenvalue weighted by atomic mass is 9.95. The van der Waals surface area contributed by atoms with Gasteiger partial charge >= 0.3 is 0 Å². The third-order valence-corrected chi connectivity index (χ3v) is 4.19. The van der Waals surface area contributed by atoms with Gasteiger partial charge in [0.15, 0.2) is 0 Å². The first kappa shape index (κ1) is 16.4. The zero-order valence-electron chi connectivity index (χ0n) is 12.6. The Balaban J connectivity index is 2.31. The van der Waals surface area contributed by atoms with E-state index in [9.17, 15) is 4.79 Å². The van der Waals surface area contributed by atoms with E-state index in [2.05, 4.69) is 6.92 Å². The molecular formula is C15H30N2O2. The van der Waals surface area contributed by atoms with Crippen LogP contribution in [0.2, 0.25) is 0 Å². The molecule has 19 heavy (non-hydrogen) atoms. The molecule has 0 bridgehead atoms. The van der Waals surface area contributed by atoms with Gasteiger partial charge in [-0.25, -0.2) is 0 Å². The quantitative estimate of drug-likeness (QED) is 0.734. The fourth-order valence-electron chi connectivity index (χ4n) is 2.94. The monoisotopic (exact) mass is 270 g/mol. The maximum absolute atomic E-state index is 12.2. The van der Waals surface area contributed by atoms with Crippen LogP contribution in [0.25, 0.3) is 0 Å². The van der Waals surface area contributed by atoms with Crippen LogP contribution in [0, 0.1) is 11.8 Å². The highest BCUT2D eigenvalue weighted by molar-refractivity contribution is 5.76. The topological polar surface area (TPSA) is 55.6 Å². The molecule has 1 saturated heterocycles. The maximum Gasteiger partial charge on any atom is 0.222 e. The minimum Gasteiger partial charge on any atom is -0.384 e. The van der Waals surface area contributed by atoms with Crippen LogP contribution in [0.3, 0.4) is 0 Å². The van der Waals surface area contributed by atoms with Gasteiger partial charge in [-0.1, -0.05) is 13.3 Å². The van der Waals surface area contributed by atoms with Crippen LogP contribution in [-0.2, 0) is 9.53 Å². The van der Waals surface area contributed by atoms with Gasteiger partial charge in [0.2, 0.25) is 5.91 Å². The Kier molecular flexibility index (Phi) is 8.07. The van der Waals surface area contributed by atoms with Crippen LogP contribution in [0.1, 0.15) is 45.4 Å². The number of nitrogens with zero attached hydrogens (tertiary/aromatic N) is 1. The number of rotatable bonds is 8. The average molecular weight is 270 g/mol. The van der Waals surface area contributed by atoms with Crippen LogP contribution < -0.4 is 5.73 Å². The number of likely N-dealkylation sites (tertiary alicyclic amines) is 1. The van der Waals surface area contributed by atoms with Crippen molar-refractivity contribution in [1.29, 1.82) is 0 Å². The highest BCUT2D eigenvalue weighted by Gasteiger charge is 2.23. The Labute approximate surface area is 117 Å². The van der Waals surface area contributed by atoms with Gasteiger partial charge in [-0.3, -0.25) is 4.79 Å². The van der Waals surface area contributed by atoms with Crippen LogP contribution in [0.15, 0.2) is 0 Å².